The van der Waals surface area contributed by atoms with Gasteiger partial charge in [0.2, 0.25) is 0 Å². The minimum absolute atomic E-state index is 0.139. The van der Waals surface area contributed by atoms with Crippen LogP contribution in [-0.2, 0) is 9.57 Å². The van der Waals surface area contributed by atoms with E-state index in [-0.39, 0.29) is 12.1 Å². The number of hydrogen-bond donors (Lipinski definition) is 0. The number of ether oxygens (including phenoxy) is 1. The Kier molecular flexibility index (Phi) is 3.60. The third kappa shape index (κ3) is 3.38. The van der Waals surface area contributed by atoms with Gasteiger partial charge >= 0.3 is 6.09 Å². The van der Waals surface area contributed by atoms with Gasteiger partial charge in [0, 0.05) is 0 Å². The van der Waals surface area contributed by atoms with Gasteiger partial charge in [-0.3, -0.25) is 4.84 Å². The highest BCUT2D eigenvalue weighted by molar-refractivity contribution is 5.67. The quantitative estimate of drug-likeness (QED) is 0.674. The summed E-state index contributed by atoms with van der Waals surface area (Å²) in [5.74, 6) is 0.389. The number of amides is 1. The molecule has 1 unspecified atom stereocenters. The predicted octanol–water partition coefficient (Wildman–Crippen LogP) is 2.58. The summed E-state index contributed by atoms with van der Waals surface area (Å²) in [6.07, 6.45) is 0.510. The molecule has 4 heteroatoms. The molecule has 1 fully saturated rings. The normalized spacial score (nSPS) is 22.3. The molecule has 0 saturated carbocycles. The molecule has 1 rings (SSSR count). The van der Waals surface area contributed by atoms with E-state index in [9.17, 15) is 4.79 Å². The van der Waals surface area contributed by atoms with Crippen molar-refractivity contribution >= 4 is 6.09 Å². The van der Waals surface area contributed by atoms with E-state index in [0.717, 1.165) is 6.42 Å². The second kappa shape index (κ2) is 4.39. The fourth-order valence-electron chi connectivity index (χ4n) is 1.58. The van der Waals surface area contributed by atoms with Crippen molar-refractivity contribution in [2.75, 3.05) is 6.61 Å². The molecule has 15 heavy (non-hydrogen) atoms. The van der Waals surface area contributed by atoms with Crippen molar-refractivity contribution in [1.82, 2.24) is 5.06 Å². The van der Waals surface area contributed by atoms with Crippen LogP contribution >= 0.6 is 0 Å². The summed E-state index contributed by atoms with van der Waals surface area (Å²) in [7, 11) is 0. The van der Waals surface area contributed by atoms with E-state index in [4.69, 9.17) is 9.57 Å². The van der Waals surface area contributed by atoms with Gasteiger partial charge in [0.05, 0.1) is 12.6 Å². The van der Waals surface area contributed by atoms with Crippen LogP contribution in [0.15, 0.2) is 0 Å². The van der Waals surface area contributed by atoms with Crippen molar-refractivity contribution in [2.24, 2.45) is 5.92 Å². The zero-order valence-corrected chi connectivity index (χ0v) is 10.2. The van der Waals surface area contributed by atoms with Crippen molar-refractivity contribution in [2.45, 2.75) is 52.7 Å². The van der Waals surface area contributed by atoms with E-state index in [1.165, 1.54) is 5.06 Å². The van der Waals surface area contributed by atoms with Crippen LogP contribution in [0.1, 0.15) is 41.0 Å². The Morgan fingerprint density at radius 3 is 2.53 bits per heavy atom. The highest BCUT2D eigenvalue weighted by Crippen LogP contribution is 2.23. The number of rotatable bonds is 1. The first-order valence-corrected chi connectivity index (χ1v) is 5.46. The highest BCUT2D eigenvalue weighted by Gasteiger charge is 2.35. The highest BCUT2D eigenvalue weighted by atomic mass is 16.7. The van der Waals surface area contributed by atoms with Crippen LogP contribution in [-0.4, -0.2) is 29.4 Å². The number of nitrogens with zero attached hydrogens (tertiary/aromatic N) is 1. The van der Waals surface area contributed by atoms with Crippen LogP contribution in [0.4, 0.5) is 4.79 Å². The third-order valence-electron chi connectivity index (χ3n) is 2.29. The maximum atomic E-state index is 11.8. The van der Waals surface area contributed by atoms with Gasteiger partial charge in [0.15, 0.2) is 0 Å². The number of hydrogen-bond acceptors (Lipinski definition) is 3. The summed E-state index contributed by atoms with van der Waals surface area (Å²) in [6.45, 7) is 10.3. The molecule has 0 N–H and O–H groups in total. The van der Waals surface area contributed by atoms with Crippen molar-refractivity contribution in [1.29, 1.82) is 0 Å². The average molecular weight is 215 g/mol. The van der Waals surface area contributed by atoms with E-state index >= 15 is 0 Å². The van der Waals surface area contributed by atoms with E-state index in [1.54, 1.807) is 0 Å². The SMILES string of the molecule is CC(C)C1CCON1C(=O)OC(C)(C)C. The van der Waals surface area contributed by atoms with Crippen molar-refractivity contribution in [3.8, 4) is 0 Å². The summed E-state index contributed by atoms with van der Waals surface area (Å²) < 4.78 is 5.26. The van der Waals surface area contributed by atoms with Crippen molar-refractivity contribution in [3.63, 3.8) is 0 Å². The van der Waals surface area contributed by atoms with Gasteiger partial charge in [-0.25, -0.2) is 4.79 Å². The van der Waals surface area contributed by atoms with Gasteiger partial charge in [-0.05, 0) is 33.1 Å². The molecular formula is C11H21NO3. The van der Waals surface area contributed by atoms with Crippen LogP contribution < -0.4 is 0 Å². The van der Waals surface area contributed by atoms with E-state index in [1.807, 2.05) is 20.8 Å². The number of carbonyl (C=O) groups is 1. The molecule has 0 aromatic heterocycles. The molecule has 1 aliphatic heterocycles. The van der Waals surface area contributed by atoms with Gasteiger partial charge in [-0.15, -0.1) is 0 Å². The lowest BCUT2D eigenvalue weighted by Gasteiger charge is -2.28. The molecule has 0 aliphatic carbocycles. The predicted molar refractivity (Wildman–Crippen MR) is 57.3 cm³/mol. The third-order valence-corrected chi connectivity index (χ3v) is 2.29. The van der Waals surface area contributed by atoms with Crippen molar-refractivity contribution in [3.05, 3.63) is 0 Å². The first-order chi connectivity index (χ1) is 6.81. The van der Waals surface area contributed by atoms with E-state index < -0.39 is 5.60 Å². The van der Waals surface area contributed by atoms with E-state index in [0.29, 0.717) is 12.5 Å². The molecule has 0 aromatic rings. The van der Waals surface area contributed by atoms with Crippen molar-refractivity contribution < 1.29 is 14.4 Å². The Hall–Kier alpha value is -0.770. The first-order valence-electron chi connectivity index (χ1n) is 5.46. The minimum atomic E-state index is -0.468. The van der Waals surface area contributed by atoms with Crippen LogP contribution in [0.3, 0.4) is 0 Å². The summed E-state index contributed by atoms with van der Waals surface area (Å²) in [5.41, 5.74) is -0.468. The Labute approximate surface area is 91.5 Å². The van der Waals surface area contributed by atoms with Crippen LogP contribution in [0.25, 0.3) is 0 Å². The summed E-state index contributed by atoms with van der Waals surface area (Å²) in [6, 6.07) is 0.139. The molecule has 1 heterocycles. The van der Waals surface area contributed by atoms with E-state index in [2.05, 4.69) is 13.8 Å². The van der Waals surface area contributed by atoms with Gasteiger partial charge < -0.3 is 4.74 Å². The summed E-state index contributed by atoms with van der Waals surface area (Å²) in [4.78, 5) is 17.0. The smallest absolute Gasteiger partial charge is 0.434 e. The molecule has 1 atom stereocenters. The zero-order chi connectivity index (χ0) is 11.6. The Bertz CT molecular complexity index is 232. The minimum Gasteiger partial charge on any atom is -0.442 e. The zero-order valence-electron chi connectivity index (χ0n) is 10.2. The lowest BCUT2D eigenvalue weighted by atomic mass is 10.0. The van der Waals surface area contributed by atoms with Gasteiger partial charge in [0.25, 0.3) is 0 Å². The topological polar surface area (TPSA) is 38.8 Å². The summed E-state index contributed by atoms with van der Waals surface area (Å²) >= 11 is 0. The maximum Gasteiger partial charge on any atom is 0.434 e. The molecule has 0 radical (unpaired) electrons. The molecular weight excluding hydrogens is 194 g/mol. The Morgan fingerprint density at radius 2 is 2.07 bits per heavy atom. The monoisotopic (exact) mass is 215 g/mol. The average Bonchev–Trinajstić information content (AvgIpc) is 2.47. The molecule has 1 aliphatic rings. The standard InChI is InChI=1S/C11H21NO3/c1-8(2)9-6-7-14-12(9)10(13)15-11(3,4)5/h8-9H,6-7H2,1-5H3. The second-order valence-corrected chi connectivity index (χ2v) is 5.24. The lowest BCUT2D eigenvalue weighted by Crippen LogP contribution is -2.41. The molecule has 0 bridgehead atoms. The summed E-state index contributed by atoms with van der Waals surface area (Å²) in [5, 5.41) is 1.38. The fraction of sp³-hybridized carbons (Fsp3) is 0.909. The Morgan fingerprint density at radius 1 is 1.47 bits per heavy atom. The van der Waals surface area contributed by atoms with Gasteiger partial charge in [-0.2, -0.15) is 5.06 Å². The molecule has 1 saturated heterocycles. The van der Waals surface area contributed by atoms with Crippen LogP contribution in [0.2, 0.25) is 0 Å². The van der Waals surface area contributed by atoms with Crippen LogP contribution in [0, 0.1) is 5.92 Å². The number of hydroxylamine groups is 2. The molecule has 0 aromatic carbocycles. The fourth-order valence-corrected chi connectivity index (χ4v) is 1.58. The van der Waals surface area contributed by atoms with Gasteiger partial charge in [0.1, 0.15) is 5.60 Å². The largest absolute Gasteiger partial charge is 0.442 e. The number of carbonyl (C=O) groups excluding carboxylic acids is 1. The molecule has 1 amide bonds. The lowest BCUT2D eigenvalue weighted by molar-refractivity contribution is -0.130. The Balaban J connectivity index is 2.59. The second-order valence-electron chi connectivity index (χ2n) is 5.24. The first kappa shape index (κ1) is 12.3. The maximum absolute atomic E-state index is 11.8. The molecule has 88 valence electrons. The molecule has 4 nitrogen and oxygen atoms in total. The molecule has 0 spiro atoms. The van der Waals surface area contributed by atoms with Crippen LogP contribution in [0.5, 0.6) is 0 Å². The van der Waals surface area contributed by atoms with Gasteiger partial charge in [-0.1, -0.05) is 13.8 Å².